The first-order valence-electron chi connectivity index (χ1n) is 6.20. The fourth-order valence-electron chi connectivity index (χ4n) is 2.18. The normalized spacial score (nSPS) is 23.1. The van der Waals surface area contributed by atoms with Gasteiger partial charge in [-0.2, -0.15) is 0 Å². The lowest BCUT2D eigenvalue weighted by atomic mass is 10.2. The summed E-state index contributed by atoms with van der Waals surface area (Å²) in [5.41, 5.74) is 0.977. The Bertz CT molecular complexity index is 352. The van der Waals surface area contributed by atoms with Crippen molar-refractivity contribution >= 4 is 0 Å². The lowest BCUT2D eigenvalue weighted by molar-refractivity contribution is 0.0927. The molecular weight excluding hydrogens is 216 g/mol. The van der Waals surface area contributed by atoms with Crippen molar-refractivity contribution in [3.05, 3.63) is 17.5 Å². The van der Waals surface area contributed by atoms with Crippen molar-refractivity contribution in [2.75, 3.05) is 33.7 Å². The van der Waals surface area contributed by atoms with Gasteiger partial charge in [0.1, 0.15) is 0 Å². The second-order valence-corrected chi connectivity index (χ2v) is 4.88. The molecule has 1 aliphatic heterocycles. The van der Waals surface area contributed by atoms with Crippen molar-refractivity contribution < 1.29 is 4.52 Å². The second kappa shape index (κ2) is 5.62. The number of hydrogen-bond donors (Lipinski definition) is 1. The predicted molar refractivity (Wildman–Crippen MR) is 66.6 cm³/mol. The maximum Gasteiger partial charge on any atom is 0.151 e. The van der Waals surface area contributed by atoms with Gasteiger partial charge in [-0.3, -0.25) is 4.90 Å². The summed E-state index contributed by atoms with van der Waals surface area (Å²) >= 11 is 0. The van der Waals surface area contributed by atoms with Gasteiger partial charge >= 0.3 is 0 Å². The molecule has 5 heteroatoms. The average Bonchev–Trinajstić information content (AvgIpc) is 2.72. The van der Waals surface area contributed by atoms with Gasteiger partial charge in [-0.15, -0.1) is 0 Å². The summed E-state index contributed by atoms with van der Waals surface area (Å²) in [6.07, 6.45) is 0. The molecule has 1 aromatic heterocycles. The van der Waals surface area contributed by atoms with E-state index in [1.54, 1.807) is 0 Å². The summed E-state index contributed by atoms with van der Waals surface area (Å²) in [7, 11) is 4.10. The lowest BCUT2D eigenvalue weighted by Gasteiger charge is -2.37. The van der Waals surface area contributed by atoms with Crippen LogP contribution in [0.25, 0.3) is 0 Å². The number of hydrogen-bond acceptors (Lipinski definition) is 5. The van der Waals surface area contributed by atoms with Gasteiger partial charge in [-0.25, -0.2) is 0 Å². The molecule has 0 saturated carbocycles. The van der Waals surface area contributed by atoms with Gasteiger partial charge in [-0.05, 0) is 21.0 Å². The molecule has 0 spiro atoms. The van der Waals surface area contributed by atoms with Crippen molar-refractivity contribution in [3.8, 4) is 0 Å². The molecule has 1 N–H and O–H groups in total. The van der Waals surface area contributed by atoms with Gasteiger partial charge in [0.05, 0.1) is 12.2 Å². The quantitative estimate of drug-likeness (QED) is 0.829. The van der Waals surface area contributed by atoms with E-state index in [9.17, 15) is 0 Å². The van der Waals surface area contributed by atoms with Gasteiger partial charge in [-0.1, -0.05) is 5.16 Å². The van der Waals surface area contributed by atoms with E-state index < -0.39 is 0 Å². The summed E-state index contributed by atoms with van der Waals surface area (Å²) in [6.45, 7) is 7.22. The summed E-state index contributed by atoms with van der Waals surface area (Å²) in [4.78, 5) is 4.82. The smallest absolute Gasteiger partial charge is 0.151 e. The van der Waals surface area contributed by atoms with E-state index in [1.165, 1.54) is 0 Å². The summed E-state index contributed by atoms with van der Waals surface area (Å²) in [6, 6.07) is 2.66. The minimum atomic E-state index is 0.614. The zero-order chi connectivity index (χ0) is 12.3. The molecule has 17 heavy (non-hydrogen) atoms. The first-order valence-corrected chi connectivity index (χ1v) is 6.20. The molecule has 0 aliphatic carbocycles. The third-order valence-electron chi connectivity index (χ3n) is 3.39. The van der Waals surface area contributed by atoms with Crippen molar-refractivity contribution in [2.45, 2.75) is 26.1 Å². The maximum atomic E-state index is 5.34. The van der Waals surface area contributed by atoms with E-state index in [0.717, 1.165) is 44.2 Å². The summed E-state index contributed by atoms with van der Waals surface area (Å²) in [5.74, 6) is 0.965. The van der Waals surface area contributed by atoms with Crippen molar-refractivity contribution in [2.24, 2.45) is 0 Å². The van der Waals surface area contributed by atoms with E-state index in [4.69, 9.17) is 4.52 Å². The van der Waals surface area contributed by atoms with Gasteiger partial charge in [0, 0.05) is 38.3 Å². The Balaban J connectivity index is 1.87. The Morgan fingerprint density at radius 1 is 1.53 bits per heavy atom. The Morgan fingerprint density at radius 2 is 2.35 bits per heavy atom. The van der Waals surface area contributed by atoms with Crippen LogP contribution in [-0.4, -0.2) is 54.7 Å². The highest BCUT2D eigenvalue weighted by Crippen LogP contribution is 2.12. The zero-order valence-corrected chi connectivity index (χ0v) is 10.9. The standard InChI is InChI=1S/C12H22N4O/c1-10-8-16(5-4-15(10)3)9-12-6-11(7-13-2)14-17-12/h6,10,13H,4-5,7-9H2,1-3H3. The minimum absolute atomic E-state index is 0.614. The lowest BCUT2D eigenvalue weighted by Crippen LogP contribution is -2.49. The van der Waals surface area contributed by atoms with Crippen LogP contribution in [0.3, 0.4) is 0 Å². The average molecular weight is 238 g/mol. The molecular formula is C12H22N4O. The molecule has 2 rings (SSSR count). The molecule has 1 saturated heterocycles. The highest BCUT2D eigenvalue weighted by Gasteiger charge is 2.21. The number of rotatable bonds is 4. The van der Waals surface area contributed by atoms with Gasteiger partial charge in [0.25, 0.3) is 0 Å². The zero-order valence-electron chi connectivity index (χ0n) is 10.9. The number of likely N-dealkylation sites (N-methyl/N-ethyl adjacent to an activating group) is 1. The van der Waals surface area contributed by atoms with Gasteiger partial charge < -0.3 is 14.7 Å². The van der Waals surface area contributed by atoms with Crippen LogP contribution in [0.2, 0.25) is 0 Å². The molecule has 1 aromatic rings. The van der Waals surface area contributed by atoms with Crippen LogP contribution in [0.15, 0.2) is 10.6 Å². The van der Waals surface area contributed by atoms with Gasteiger partial charge in [0.15, 0.2) is 5.76 Å². The van der Waals surface area contributed by atoms with Crippen LogP contribution in [-0.2, 0) is 13.1 Å². The first-order chi connectivity index (χ1) is 8.19. The Hall–Kier alpha value is -0.910. The molecule has 1 atom stereocenters. The third-order valence-corrected chi connectivity index (χ3v) is 3.39. The highest BCUT2D eigenvalue weighted by atomic mass is 16.5. The molecule has 0 amide bonds. The van der Waals surface area contributed by atoms with E-state index >= 15 is 0 Å². The molecule has 1 fully saturated rings. The Kier molecular flexibility index (Phi) is 4.15. The predicted octanol–water partition coefficient (Wildman–Crippen LogP) is 0.530. The number of nitrogens with zero attached hydrogens (tertiary/aromatic N) is 3. The van der Waals surface area contributed by atoms with Crippen LogP contribution in [0, 0.1) is 0 Å². The van der Waals surface area contributed by atoms with Crippen LogP contribution < -0.4 is 5.32 Å². The molecule has 2 heterocycles. The van der Waals surface area contributed by atoms with Crippen molar-refractivity contribution in [1.29, 1.82) is 0 Å². The number of nitrogens with one attached hydrogen (secondary N) is 1. The molecule has 1 aliphatic rings. The maximum absolute atomic E-state index is 5.34. The monoisotopic (exact) mass is 238 g/mol. The SMILES string of the molecule is CNCc1cc(CN2CCN(C)C(C)C2)on1. The largest absolute Gasteiger partial charge is 0.360 e. The second-order valence-electron chi connectivity index (χ2n) is 4.88. The number of aromatic nitrogens is 1. The third kappa shape index (κ3) is 3.28. The molecule has 0 aromatic carbocycles. The molecule has 1 unspecified atom stereocenters. The Labute approximate surface area is 103 Å². The molecule has 0 radical (unpaired) electrons. The molecule has 96 valence electrons. The topological polar surface area (TPSA) is 44.5 Å². The first kappa shape index (κ1) is 12.5. The summed E-state index contributed by atoms with van der Waals surface area (Å²) in [5, 5.41) is 7.10. The van der Waals surface area contributed by atoms with Crippen LogP contribution in [0.5, 0.6) is 0 Å². The summed E-state index contributed by atoms with van der Waals surface area (Å²) < 4.78 is 5.34. The van der Waals surface area contributed by atoms with Crippen molar-refractivity contribution in [1.82, 2.24) is 20.3 Å². The Morgan fingerprint density at radius 3 is 3.06 bits per heavy atom. The van der Waals surface area contributed by atoms with Crippen LogP contribution >= 0.6 is 0 Å². The fraction of sp³-hybridized carbons (Fsp3) is 0.750. The molecule has 0 bridgehead atoms. The van der Waals surface area contributed by atoms with Gasteiger partial charge in [0.2, 0.25) is 0 Å². The molecule has 5 nitrogen and oxygen atoms in total. The highest BCUT2D eigenvalue weighted by molar-refractivity contribution is 5.05. The minimum Gasteiger partial charge on any atom is -0.360 e. The van der Waals surface area contributed by atoms with Crippen LogP contribution in [0.4, 0.5) is 0 Å². The van der Waals surface area contributed by atoms with E-state index in [1.807, 2.05) is 13.1 Å². The van der Waals surface area contributed by atoms with Crippen LogP contribution in [0.1, 0.15) is 18.4 Å². The number of piperazine rings is 1. The van der Waals surface area contributed by atoms with E-state index in [0.29, 0.717) is 6.04 Å². The fourth-order valence-corrected chi connectivity index (χ4v) is 2.18. The van der Waals surface area contributed by atoms with E-state index in [2.05, 4.69) is 34.2 Å². The van der Waals surface area contributed by atoms with E-state index in [-0.39, 0.29) is 0 Å². The van der Waals surface area contributed by atoms with Crippen molar-refractivity contribution in [3.63, 3.8) is 0 Å².